The van der Waals surface area contributed by atoms with Crippen LogP contribution in [0.1, 0.15) is 32.6 Å². The van der Waals surface area contributed by atoms with Gasteiger partial charge in [0.1, 0.15) is 0 Å². The van der Waals surface area contributed by atoms with E-state index in [2.05, 4.69) is 13.5 Å². The molecule has 0 heterocycles. The van der Waals surface area contributed by atoms with Crippen molar-refractivity contribution in [1.29, 1.82) is 0 Å². The number of rotatable bonds is 7. The van der Waals surface area contributed by atoms with E-state index < -0.39 is 0 Å². The fourth-order valence-corrected chi connectivity index (χ4v) is 1.67. The average Bonchev–Trinajstić information content (AvgIpc) is 1.97. The molecule has 0 aromatic carbocycles. The van der Waals surface area contributed by atoms with Gasteiger partial charge < -0.3 is 0 Å². The van der Waals surface area contributed by atoms with E-state index in [0.717, 1.165) is 6.42 Å². The summed E-state index contributed by atoms with van der Waals surface area (Å²) in [5.41, 5.74) is 0. The fraction of sp³-hybridized carbons (Fsp3) is 0.778. The summed E-state index contributed by atoms with van der Waals surface area (Å²) in [6, 6.07) is 0. The molecule has 0 saturated carbocycles. The largest absolute Gasteiger partial charge is 0.162 e. The molecular weight excluding hydrogens is 140 g/mol. The Morgan fingerprint density at radius 1 is 1.30 bits per heavy atom. The van der Waals surface area contributed by atoms with Gasteiger partial charge in [0, 0.05) is 0 Å². The van der Waals surface area contributed by atoms with Gasteiger partial charge in [-0.2, -0.15) is 11.8 Å². The Morgan fingerprint density at radius 2 is 2.10 bits per heavy atom. The average molecular weight is 158 g/mol. The molecule has 0 aliphatic carbocycles. The zero-order valence-corrected chi connectivity index (χ0v) is 7.75. The van der Waals surface area contributed by atoms with Crippen molar-refractivity contribution in [1.82, 2.24) is 0 Å². The van der Waals surface area contributed by atoms with E-state index in [1.165, 1.54) is 30.8 Å². The third kappa shape index (κ3) is 8.09. The zero-order valence-electron chi connectivity index (χ0n) is 6.94. The first kappa shape index (κ1) is 10.1. The lowest BCUT2D eigenvalue weighted by atomic mass is 10.3. The minimum atomic E-state index is 1.16. The highest BCUT2D eigenvalue weighted by atomic mass is 32.2. The predicted octanol–water partition coefficient (Wildman–Crippen LogP) is 3.49. The second-order valence-electron chi connectivity index (χ2n) is 2.40. The molecule has 0 unspecified atom stereocenters. The molecule has 0 spiro atoms. The Hall–Kier alpha value is 0.0900. The molecule has 0 fully saturated rings. The Morgan fingerprint density at radius 3 is 2.70 bits per heavy atom. The van der Waals surface area contributed by atoms with E-state index in [1.807, 2.05) is 17.8 Å². The first-order valence-electron chi connectivity index (χ1n) is 4.10. The van der Waals surface area contributed by atoms with Gasteiger partial charge in [0.15, 0.2) is 0 Å². The molecule has 60 valence electrons. The molecule has 0 radical (unpaired) electrons. The lowest BCUT2D eigenvalue weighted by Gasteiger charge is -1.96. The van der Waals surface area contributed by atoms with Gasteiger partial charge in [-0.05, 0) is 24.3 Å². The molecule has 0 saturated heterocycles. The molecule has 10 heavy (non-hydrogen) atoms. The third-order valence-corrected chi connectivity index (χ3v) is 2.46. The van der Waals surface area contributed by atoms with Crippen LogP contribution in [0.3, 0.4) is 0 Å². The number of unbranched alkanes of at least 4 members (excludes halogenated alkanes) is 2. The Kier molecular flexibility index (Phi) is 9.17. The highest BCUT2D eigenvalue weighted by Gasteiger charge is 1.86. The van der Waals surface area contributed by atoms with Crippen LogP contribution in [0.5, 0.6) is 0 Å². The fourth-order valence-electron chi connectivity index (χ4n) is 0.723. The number of allylic oxidation sites excluding steroid dienone is 1. The topological polar surface area (TPSA) is 0 Å². The SMILES string of the molecule is C=CCCSCCCCC. The Bertz CT molecular complexity index is 69.1. The van der Waals surface area contributed by atoms with Crippen LogP contribution in [-0.2, 0) is 0 Å². The van der Waals surface area contributed by atoms with Crippen LogP contribution in [0.15, 0.2) is 12.7 Å². The van der Waals surface area contributed by atoms with Gasteiger partial charge in [-0.25, -0.2) is 0 Å². The van der Waals surface area contributed by atoms with Crippen LogP contribution >= 0.6 is 11.8 Å². The normalized spacial score (nSPS) is 9.70. The van der Waals surface area contributed by atoms with Crippen molar-refractivity contribution in [3.63, 3.8) is 0 Å². The van der Waals surface area contributed by atoms with E-state index in [-0.39, 0.29) is 0 Å². The quantitative estimate of drug-likeness (QED) is 0.404. The van der Waals surface area contributed by atoms with Gasteiger partial charge in [0.25, 0.3) is 0 Å². The highest BCUT2D eigenvalue weighted by molar-refractivity contribution is 7.99. The maximum absolute atomic E-state index is 3.68. The van der Waals surface area contributed by atoms with Crippen LogP contribution in [0.2, 0.25) is 0 Å². The van der Waals surface area contributed by atoms with Crippen LogP contribution in [0.4, 0.5) is 0 Å². The van der Waals surface area contributed by atoms with Gasteiger partial charge in [-0.3, -0.25) is 0 Å². The summed E-state index contributed by atoms with van der Waals surface area (Å²) in [4.78, 5) is 0. The molecular formula is C9H18S. The second kappa shape index (κ2) is 9.09. The van der Waals surface area contributed by atoms with Gasteiger partial charge in [-0.1, -0.05) is 25.8 Å². The molecule has 1 heteroatoms. The van der Waals surface area contributed by atoms with Crippen molar-refractivity contribution < 1.29 is 0 Å². The molecule has 0 aromatic heterocycles. The van der Waals surface area contributed by atoms with Crippen molar-refractivity contribution in [3.8, 4) is 0 Å². The second-order valence-corrected chi connectivity index (χ2v) is 3.62. The van der Waals surface area contributed by atoms with Crippen molar-refractivity contribution in [2.45, 2.75) is 32.6 Å². The van der Waals surface area contributed by atoms with Crippen molar-refractivity contribution in [2.24, 2.45) is 0 Å². The molecule has 0 atom stereocenters. The molecule has 0 aromatic rings. The monoisotopic (exact) mass is 158 g/mol. The summed E-state index contributed by atoms with van der Waals surface area (Å²) in [6.45, 7) is 5.93. The molecule has 0 aliphatic rings. The lowest BCUT2D eigenvalue weighted by Crippen LogP contribution is -1.81. The third-order valence-electron chi connectivity index (χ3n) is 1.36. The smallest absolute Gasteiger partial charge is 0.00330 e. The van der Waals surface area contributed by atoms with Crippen LogP contribution in [-0.4, -0.2) is 11.5 Å². The lowest BCUT2D eigenvalue weighted by molar-refractivity contribution is 0.778. The Labute approximate surface area is 69.1 Å². The summed E-state index contributed by atoms with van der Waals surface area (Å²) in [5, 5.41) is 0. The van der Waals surface area contributed by atoms with Crippen LogP contribution in [0.25, 0.3) is 0 Å². The van der Waals surface area contributed by atoms with Gasteiger partial charge in [-0.15, -0.1) is 6.58 Å². The first-order chi connectivity index (χ1) is 4.91. The predicted molar refractivity (Wildman–Crippen MR) is 51.7 cm³/mol. The summed E-state index contributed by atoms with van der Waals surface area (Å²) < 4.78 is 0. The number of hydrogen-bond donors (Lipinski definition) is 0. The van der Waals surface area contributed by atoms with E-state index in [1.54, 1.807) is 0 Å². The van der Waals surface area contributed by atoms with Crippen LogP contribution < -0.4 is 0 Å². The van der Waals surface area contributed by atoms with Crippen molar-refractivity contribution >= 4 is 11.8 Å². The molecule has 0 nitrogen and oxygen atoms in total. The minimum absolute atomic E-state index is 1.16. The summed E-state index contributed by atoms with van der Waals surface area (Å²) in [6.07, 6.45) is 7.27. The maximum Gasteiger partial charge on any atom is -0.00330 e. The number of hydrogen-bond acceptors (Lipinski definition) is 1. The summed E-state index contributed by atoms with van der Waals surface area (Å²) >= 11 is 2.05. The molecule has 0 amide bonds. The molecule has 0 aliphatic heterocycles. The molecule has 0 rings (SSSR count). The zero-order chi connectivity index (χ0) is 7.66. The van der Waals surface area contributed by atoms with Gasteiger partial charge in [0.05, 0.1) is 0 Å². The highest BCUT2D eigenvalue weighted by Crippen LogP contribution is 2.07. The number of thioether (sulfide) groups is 1. The Balaban J connectivity index is 2.70. The van der Waals surface area contributed by atoms with Crippen LogP contribution in [0, 0.1) is 0 Å². The first-order valence-corrected chi connectivity index (χ1v) is 5.26. The summed E-state index contributed by atoms with van der Waals surface area (Å²) in [7, 11) is 0. The maximum atomic E-state index is 3.68. The van der Waals surface area contributed by atoms with E-state index in [9.17, 15) is 0 Å². The van der Waals surface area contributed by atoms with E-state index in [0.29, 0.717) is 0 Å². The van der Waals surface area contributed by atoms with Crippen molar-refractivity contribution in [2.75, 3.05) is 11.5 Å². The van der Waals surface area contributed by atoms with Gasteiger partial charge >= 0.3 is 0 Å². The van der Waals surface area contributed by atoms with E-state index in [4.69, 9.17) is 0 Å². The molecule has 0 bridgehead atoms. The van der Waals surface area contributed by atoms with Crippen molar-refractivity contribution in [3.05, 3.63) is 12.7 Å². The molecule has 0 N–H and O–H groups in total. The van der Waals surface area contributed by atoms with E-state index >= 15 is 0 Å². The standard InChI is InChI=1S/C9H18S/c1-3-5-7-9-10-8-6-4-2/h4H,2-3,5-9H2,1H3. The van der Waals surface area contributed by atoms with Gasteiger partial charge in [0.2, 0.25) is 0 Å². The minimum Gasteiger partial charge on any atom is -0.162 e. The summed E-state index contributed by atoms with van der Waals surface area (Å²) in [5.74, 6) is 2.59.